The topological polar surface area (TPSA) is 47.6 Å². The molecular weight excluding hydrogens is 429 g/mol. The summed E-state index contributed by atoms with van der Waals surface area (Å²) in [4.78, 5) is 11.3. The fourth-order valence-corrected chi connectivity index (χ4v) is 4.47. The second-order valence-electron chi connectivity index (χ2n) is 8.84. The van der Waals surface area contributed by atoms with Crippen LogP contribution in [0.2, 0.25) is 0 Å². The van der Waals surface area contributed by atoms with Gasteiger partial charge in [0.2, 0.25) is 5.91 Å². The first-order chi connectivity index (χ1) is 16.6. The molecule has 0 radical (unpaired) electrons. The highest BCUT2D eigenvalue weighted by Gasteiger charge is 2.24. The molecule has 1 aliphatic carbocycles. The second-order valence-corrected chi connectivity index (χ2v) is 8.84. The average Bonchev–Trinajstić information content (AvgIpc) is 2.86. The van der Waals surface area contributed by atoms with E-state index in [1.807, 2.05) is 54.6 Å². The van der Waals surface area contributed by atoms with E-state index in [1.54, 1.807) is 0 Å². The van der Waals surface area contributed by atoms with Crippen molar-refractivity contribution in [2.75, 3.05) is 6.54 Å². The summed E-state index contributed by atoms with van der Waals surface area (Å²) in [6, 6.07) is 23.4. The molecule has 0 aliphatic heterocycles. The number of nitrogens with one attached hydrogen (secondary N) is 1. The van der Waals surface area contributed by atoms with Crippen molar-refractivity contribution in [1.29, 1.82) is 0 Å². The Balaban J connectivity index is 1.40. The Kier molecular flexibility index (Phi) is 8.31. The van der Waals surface area contributed by atoms with Crippen LogP contribution >= 0.6 is 0 Å². The monoisotopic (exact) mass is 461 g/mol. The molecule has 0 unspecified atom stereocenters. The quantitative estimate of drug-likeness (QED) is 0.420. The van der Waals surface area contributed by atoms with Gasteiger partial charge in [-0.1, -0.05) is 60.7 Å². The molecule has 34 heavy (non-hydrogen) atoms. The minimum absolute atomic E-state index is 0.0461. The van der Waals surface area contributed by atoms with Crippen molar-refractivity contribution in [1.82, 2.24) is 5.32 Å². The number of ether oxygens (including phenoxy) is 2. The smallest absolute Gasteiger partial charge is 0.216 e. The van der Waals surface area contributed by atoms with E-state index in [0.29, 0.717) is 30.9 Å². The summed E-state index contributed by atoms with van der Waals surface area (Å²) in [5.74, 6) is 0.125. The summed E-state index contributed by atoms with van der Waals surface area (Å²) in [5, 5.41) is 2.76. The summed E-state index contributed by atoms with van der Waals surface area (Å²) < 4.78 is 27.5. The standard InChI is InChI=1S/C29H32FNO3/c1-21(32)31-17-16-27-28(23-10-6-3-7-11-23)18-26(19-29(27)30)34-25-14-12-24(13-15-25)33-20-22-8-4-2-5-9-22/h2-11,18-19,24-25H,12-17,20H2,1H3,(H,31,32). The van der Waals surface area contributed by atoms with E-state index < -0.39 is 0 Å². The highest BCUT2D eigenvalue weighted by Crippen LogP contribution is 2.33. The fraction of sp³-hybridized carbons (Fsp3) is 0.345. The van der Waals surface area contributed by atoms with Gasteiger partial charge in [-0.05, 0) is 60.4 Å². The number of rotatable bonds is 9. The van der Waals surface area contributed by atoms with Gasteiger partial charge in [-0.25, -0.2) is 4.39 Å². The van der Waals surface area contributed by atoms with Crippen molar-refractivity contribution in [2.24, 2.45) is 0 Å². The van der Waals surface area contributed by atoms with Gasteiger partial charge < -0.3 is 14.8 Å². The average molecular weight is 462 g/mol. The molecule has 4 nitrogen and oxygen atoms in total. The zero-order valence-corrected chi connectivity index (χ0v) is 19.6. The minimum Gasteiger partial charge on any atom is -0.490 e. The molecule has 0 heterocycles. The summed E-state index contributed by atoms with van der Waals surface area (Å²) in [6.45, 7) is 2.48. The van der Waals surface area contributed by atoms with Crippen LogP contribution in [0.1, 0.15) is 43.7 Å². The maximum atomic E-state index is 15.2. The Morgan fingerprint density at radius 1 is 0.941 bits per heavy atom. The second kappa shape index (κ2) is 11.8. The molecule has 1 fully saturated rings. The van der Waals surface area contributed by atoms with Crippen LogP contribution in [0.5, 0.6) is 5.75 Å². The number of carbonyl (C=O) groups excluding carboxylic acids is 1. The third-order valence-electron chi connectivity index (χ3n) is 6.26. The molecule has 3 aromatic rings. The maximum absolute atomic E-state index is 15.2. The number of hydrogen-bond acceptors (Lipinski definition) is 3. The van der Waals surface area contributed by atoms with E-state index in [4.69, 9.17) is 9.47 Å². The van der Waals surface area contributed by atoms with Crippen LogP contribution in [0, 0.1) is 5.82 Å². The van der Waals surface area contributed by atoms with Gasteiger partial charge in [0, 0.05) is 19.5 Å². The minimum atomic E-state index is -0.304. The molecule has 178 valence electrons. The van der Waals surface area contributed by atoms with E-state index in [2.05, 4.69) is 17.4 Å². The molecule has 1 N–H and O–H groups in total. The van der Waals surface area contributed by atoms with Crippen molar-refractivity contribution < 1.29 is 18.7 Å². The number of benzene rings is 3. The molecular formula is C29H32FNO3. The molecule has 0 atom stereocenters. The van der Waals surface area contributed by atoms with Crippen molar-refractivity contribution >= 4 is 5.91 Å². The van der Waals surface area contributed by atoms with Crippen LogP contribution in [0.3, 0.4) is 0 Å². The van der Waals surface area contributed by atoms with Gasteiger partial charge in [0.1, 0.15) is 11.6 Å². The normalized spacial score (nSPS) is 17.8. The Morgan fingerprint density at radius 3 is 2.26 bits per heavy atom. The predicted octanol–water partition coefficient (Wildman–Crippen LogP) is 6.08. The Morgan fingerprint density at radius 2 is 1.59 bits per heavy atom. The van der Waals surface area contributed by atoms with E-state index in [9.17, 15) is 4.79 Å². The third kappa shape index (κ3) is 6.67. The zero-order valence-electron chi connectivity index (χ0n) is 19.6. The van der Waals surface area contributed by atoms with Crippen LogP contribution in [0.25, 0.3) is 11.1 Å². The van der Waals surface area contributed by atoms with Crippen molar-refractivity contribution in [3.8, 4) is 16.9 Å². The van der Waals surface area contributed by atoms with Crippen molar-refractivity contribution in [3.63, 3.8) is 0 Å². The lowest BCUT2D eigenvalue weighted by molar-refractivity contribution is -0.118. The number of hydrogen-bond donors (Lipinski definition) is 1. The molecule has 1 aliphatic rings. The lowest BCUT2D eigenvalue weighted by atomic mass is 9.94. The summed E-state index contributed by atoms with van der Waals surface area (Å²) in [6.07, 6.45) is 4.32. The van der Waals surface area contributed by atoms with E-state index in [-0.39, 0.29) is 23.9 Å². The highest BCUT2D eigenvalue weighted by atomic mass is 19.1. The van der Waals surface area contributed by atoms with Gasteiger partial charge in [0.05, 0.1) is 18.8 Å². The van der Waals surface area contributed by atoms with Crippen molar-refractivity contribution in [2.45, 2.75) is 57.8 Å². The lowest BCUT2D eigenvalue weighted by Crippen LogP contribution is -2.28. The van der Waals surface area contributed by atoms with Crippen LogP contribution in [0.15, 0.2) is 72.8 Å². The molecule has 5 heteroatoms. The van der Waals surface area contributed by atoms with E-state index in [1.165, 1.54) is 18.6 Å². The molecule has 1 amide bonds. The van der Waals surface area contributed by atoms with Gasteiger partial charge in [0.25, 0.3) is 0 Å². The van der Waals surface area contributed by atoms with E-state index >= 15 is 4.39 Å². The highest BCUT2D eigenvalue weighted by molar-refractivity contribution is 5.73. The van der Waals surface area contributed by atoms with Gasteiger partial charge >= 0.3 is 0 Å². The van der Waals surface area contributed by atoms with Gasteiger partial charge in [0.15, 0.2) is 0 Å². The number of halogens is 1. The maximum Gasteiger partial charge on any atom is 0.216 e. The predicted molar refractivity (Wildman–Crippen MR) is 132 cm³/mol. The Labute approximate surface area is 201 Å². The van der Waals surface area contributed by atoms with Crippen LogP contribution in [-0.4, -0.2) is 24.7 Å². The van der Waals surface area contributed by atoms with Gasteiger partial charge in [-0.3, -0.25) is 4.79 Å². The third-order valence-corrected chi connectivity index (χ3v) is 6.26. The fourth-order valence-electron chi connectivity index (χ4n) is 4.47. The number of carbonyl (C=O) groups is 1. The largest absolute Gasteiger partial charge is 0.490 e. The molecule has 3 aromatic carbocycles. The first-order valence-electron chi connectivity index (χ1n) is 12.0. The van der Waals surface area contributed by atoms with E-state index in [0.717, 1.165) is 36.8 Å². The SMILES string of the molecule is CC(=O)NCCc1c(F)cc(OC2CCC(OCc3ccccc3)CC2)cc1-c1ccccc1. The lowest BCUT2D eigenvalue weighted by Gasteiger charge is -2.29. The zero-order chi connectivity index (χ0) is 23.8. The summed E-state index contributed by atoms with van der Waals surface area (Å²) in [5.41, 5.74) is 3.51. The molecule has 4 rings (SSSR count). The van der Waals surface area contributed by atoms with Crippen LogP contribution in [-0.2, 0) is 22.6 Å². The Hall–Kier alpha value is -3.18. The van der Waals surface area contributed by atoms with Gasteiger partial charge in [-0.2, -0.15) is 0 Å². The molecule has 0 aromatic heterocycles. The van der Waals surface area contributed by atoms with Crippen LogP contribution in [0.4, 0.5) is 4.39 Å². The summed E-state index contributed by atoms with van der Waals surface area (Å²) >= 11 is 0. The van der Waals surface area contributed by atoms with Gasteiger partial charge in [-0.15, -0.1) is 0 Å². The number of amides is 1. The molecule has 0 bridgehead atoms. The van der Waals surface area contributed by atoms with Crippen LogP contribution < -0.4 is 10.1 Å². The van der Waals surface area contributed by atoms with Crippen molar-refractivity contribution in [3.05, 3.63) is 89.7 Å². The Bertz CT molecular complexity index is 1060. The molecule has 0 saturated heterocycles. The molecule has 1 saturated carbocycles. The summed E-state index contributed by atoms with van der Waals surface area (Å²) in [7, 11) is 0. The first-order valence-corrected chi connectivity index (χ1v) is 12.0. The molecule has 0 spiro atoms. The first kappa shape index (κ1) is 24.0.